The van der Waals surface area contributed by atoms with Crippen molar-refractivity contribution in [3.05, 3.63) is 90.0 Å². The van der Waals surface area contributed by atoms with Crippen LogP contribution in [0.4, 0.5) is 11.4 Å². The number of amides is 4. The van der Waals surface area contributed by atoms with E-state index in [4.69, 9.17) is 4.74 Å². The van der Waals surface area contributed by atoms with Crippen molar-refractivity contribution >= 4 is 35.0 Å². The molecule has 1 N–H and O–H groups in total. The lowest BCUT2D eigenvalue weighted by Gasteiger charge is -2.40. The fourth-order valence-electron chi connectivity index (χ4n) is 5.23. The van der Waals surface area contributed by atoms with Gasteiger partial charge < -0.3 is 10.1 Å². The van der Waals surface area contributed by atoms with Crippen LogP contribution >= 0.6 is 0 Å². The molecule has 0 radical (unpaired) electrons. The average Bonchev–Trinajstić information content (AvgIpc) is 3.51. The molecule has 2 aliphatic rings. The van der Waals surface area contributed by atoms with Crippen LogP contribution < -0.4 is 15.0 Å². The third-order valence-corrected chi connectivity index (χ3v) is 7.06. The van der Waals surface area contributed by atoms with E-state index in [9.17, 15) is 19.2 Å². The highest BCUT2D eigenvalue weighted by molar-refractivity contribution is 6.23. The summed E-state index contributed by atoms with van der Waals surface area (Å²) in [5, 5.41) is 2.97. The highest BCUT2D eigenvalue weighted by Gasteiger charge is 2.50. The summed E-state index contributed by atoms with van der Waals surface area (Å²) in [6, 6.07) is 22.5. The molecule has 1 fully saturated rings. The largest absolute Gasteiger partial charge is 0.497 e. The van der Waals surface area contributed by atoms with Crippen molar-refractivity contribution < 1.29 is 23.9 Å². The summed E-state index contributed by atoms with van der Waals surface area (Å²) in [6.45, 7) is -0.473. The zero-order valence-electron chi connectivity index (χ0n) is 20.5. The number of carbonyl (C=O) groups excluding carboxylic acids is 4. The van der Waals surface area contributed by atoms with Gasteiger partial charge in [-0.2, -0.15) is 0 Å². The molecule has 0 aromatic heterocycles. The summed E-state index contributed by atoms with van der Waals surface area (Å²) in [5.41, 5.74) is 0.483. The Morgan fingerprint density at radius 2 is 1.43 bits per heavy atom. The first-order valence-corrected chi connectivity index (χ1v) is 12.2. The molecular weight excluding hydrogens is 470 g/mol. The zero-order chi connectivity index (χ0) is 26.0. The van der Waals surface area contributed by atoms with Crippen LogP contribution in [0.25, 0.3) is 0 Å². The van der Waals surface area contributed by atoms with Crippen molar-refractivity contribution in [2.75, 3.05) is 23.9 Å². The Kier molecular flexibility index (Phi) is 6.48. The summed E-state index contributed by atoms with van der Waals surface area (Å²) in [7, 11) is 1.55. The van der Waals surface area contributed by atoms with E-state index in [1.807, 2.05) is 18.2 Å². The number of rotatable bonds is 7. The molecule has 1 aliphatic heterocycles. The predicted octanol–water partition coefficient (Wildman–Crippen LogP) is 4.28. The molecule has 3 aromatic rings. The summed E-state index contributed by atoms with van der Waals surface area (Å²) < 4.78 is 5.28. The number of benzene rings is 3. The van der Waals surface area contributed by atoms with Gasteiger partial charge in [0.25, 0.3) is 17.7 Å². The minimum atomic E-state index is -1.18. The Labute approximate surface area is 214 Å². The molecule has 8 heteroatoms. The van der Waals surface area contributed by atoms with Gasteiger partial charge in [0, 0.05) is 11.4 Å². The number of anilines is 2. The molecule has 0 bridgehead atoms. The van der Waals surface area contributed by atoms with Gasteiger partial charge in [0.2, 0.25) is 5.91 Å². The lowest BCUT2D eigenvalue weighted by Crippen LogP contribution is -2.60. The molecule has 0 saturated heterocycles. The molecule has 0 unspecified atom stereocenters. The van der Waals surface area contributed by atoms with Gasteiger partial charge in [0.15, 0.2) is 0 Å². The van der Waals surface area contributed by atoms with Gasteiger partial charge in [-0.1, -0.05) is 43.2 Å². The minimum absolute atomic E-state index is 0.272. The Bertz CT molecular complexity index is 1310. The third-order valence-electron chi connectivity index (χ3n) is 7.06. The van der Waals surface area contributed by atoms with E-state index < -0.39 is 29.8 Å². The second kappa shape index (κ2) is 9.89. The average molecular weight is 498 g/mol. The first-order valence-electron chi connectivity index (χ1n) is 12.2. The van der Waals surface area contributed by atoms with Gasteiger partial charge >= 0.3 is 0 Å². The molecule has 0 atom stereocenters. The summed E-state index contributed by atoms with van der Waals surface area (Å²) >= 11 is 0. The van der Waals surface area contributed by atoms with Crippen LogP contribution in [0.15, 0.2) is 78.9 Å². The van der Waals surface area contributed by atoms with Crippen LogP contribution in [-0.4, -0.2) is 47.7 Å². The Morgan fingerprint density at radius 1 is 0.865 bits per heavy atom. The van der Waals surface area contributed by atoms with Crippen molar-refractivity contribution in [3.8, 4) is 5.75 Å². The number of methoxy groups -OCH3 is 1. The molecule has 37 heavy (non-hydrogen) atoms. The van der Waals surface area contributed by atoms with E-state index in [1.165, 1.54) is 4.90 Å². The second-order valence-corrected chi connectivity index (χ2v) is 9.23. The smallest absolute Gasteiger partial charge is 0.262 e. The molecule has 3 aromatic carbocycles. The summed E-state index contributed by atoms with van der Waals surface area (Å²) in [6.07, 6.45) is 2.42. The van der Waals surface area contributed by atoms with Gasteiger partial charge in [-0.15, -0.1) is 0 Å². The van der Waals surface area contributed by atoms with E-state index in [2.05, 4.69) is 5.32 Å². The zero-order valence-corrected chi connectivity index (χ0v) is 20.5. The van der Waals surface area contributed by atoms with Gasteiger partial charge in [0.1, 0.15) is 17.8 Å². The predicted molar refractivity (Wildman–Crippen MR) is 139 cm³/mol. The highest BCUT2D eigenvalue weighted by atomic mass is 16.5. The molecule has 188 valence electrons. The van der Waals surface area contributed by atoms with E-state index in [-0.39, 0.29) is 17.0 Å². The molecule has 1 heterocycles. The topological polar surface area (TPSA) is 96.0 Å². The molecule has 8 nitrogen and oxygen atoms in total. The maximum absolute atomic E-state index is 14.0. The Balaban J connectivity index is 1.52. The number of ether oxygens (including phenoxy) is 1. The van der Waals surface area contributed by atoms with Crippen molar-refractivity contribution in [3.63, 3.8) is 0 Å². The lowest BCUT2D eigenvalue weighted by atomic mass is 9.92. The van der Waals surface area contributed by atoms with E-state index in [0.29, 0.717) is 30.0 Å². The van der Waals surface area contributed by atoms with E-state index >= 15 is 0 Å². The van der Waals surface area contributed by atoms with Gasteiger partial charge in [0.05, 0.1) is 18.2 Å². The maximum Gasteiger partial charge on any atom is 0.262 e. The monoisotopic (exact) mass is 497 g/mol. The number of nitrogens with zero attached hydrogens (tertiary/aromatic N) is 2. The van der Waals surface area contributed by atoms with Gasteiger partial charge in [-0.25, -0.2) is 0 Å². The lowest BCUT2D eigenvalue weighted by molar-refractivity contribution is -0.127. The number of hydrogen-bond acceptors (Lipinski definition) is 5. The first kappa shape index (κ1) is 24.2. The number of fused-ring (bicyclic) bond motifs is 1. The Hall–Kier alpha value is -4.46. The highest BCUT2D eigenvalue weighted by Crippen LogP contribution is 2.40. The van der Waals surface area contributed by atoms with Crippen LogP contribution in [0.5, 0.6) is 5.75 Å². The first-order chi connectivity index (χ1) is 17.9. The molecule has 5 rings (SSSR count). The van der Waals surface area contributed by atoms with Crippen molar-refractivity contribution in [2.45, 2.75) is 31.2 Å². The summed E-state index contributed by atoms with van der Waals surface area (Å²) in [4.78, 5) is 56.3. The van der Waals surface area contributed by atoms with Crippen LogP contribution in [0.1, 0.15) is 46.4 Å². The third kappa shape index (κ3) is 4.35. The summed E-state index contributed by atoms with van der Waals surface area (Å²) in [5.74, 6) is -1.24. The minimum Gasteiger partial charge on any atom is -0.497 e. The number of carbonyl (C=O) groups is 4. The number of para-hydroxylation sites is 1. The molecule has 1 aliphatic carbocycles. The number of imide groups is 1. The van der Waals surface area contributed by atoms with Gasteiger partial charge in [-0.05, 0) is 61.4 Å². The van der Waals surface area contributed by atoms with Crippen LogP contribution in [0.2, 0.25) is 0 Å². The molecule has 0 spiro atoms. The number of hydrogen-bond donors (Lipinski definition) is 1. The molecule has 1 saturated carbocycles. The normalized spacial score (nSPS) is 15.9. The van der Waals surface area contributed by atoms with Crippen molar-refractivity contribution in [1.29, 1.82) is 0 Å². The van der Waals surface area contributed by atoms with Gasteiger partial charge in [-0.3, -0.25) is 29.0 Å². The molecule has 4 amide bonds. The fourth-order valence-corrected chi connectivity index (χ4v) is 5.23. The SMILES string of the molecule is COc1ccc(N(C(=O)CN2C(=O)c3ccccc3C2=O)C2(C(=O)Nc3ccccc3)CCCC2)cc1. The number of nitrogens with one attached hydrogen (secondary N) is 1. The molecular formula is C29H27N3O5. The van der Waals surface area contributed by atoms with Crippen LogP contribution in [0.3, 0.4) is 0 Å². The van der Waals surface area contributed by atoms with E-state index in [0.717, 1.165) is 17.7 Å². The van der Waals surface area contributed by atoms with Crippen molar-refractivity contribution in [2.24, 2.45) is 0 Å². The van der Waals surface area contributed by atoms with Crippen molar-refractivity contribution in [1.82, 2.24) is 4.90 Å². The van der Waals surface area contributed by atoms with Crippen LogP contribution in [0, 0.1) is 0 Å². The Morgan fingerprint density at radius 3 is 2.00 bits per heavy atom. The quantitative estimate of drug-likeness (QED) is 0.492. The maximum atomic E-state index is 14.0. The second-order valence-electron chi connectivity index (χ2n) is 9.23. The van der Waals surface area contributed by atoms with Crippen LogP contribution in [-0.2, 0) is 9.59 Å². The van der Waals surface area contributed by atoms with E-state index in [1.54, 1.807) is 67.8 Å². The fraction of sp³-hybridized carbons (Fsp3) is 0.241. The standard InChI is InChI=1S/C29H27N3O5/c1-37-22-15-13-21(14-16-22)32(25(33)19-31-26(34)23-11-5-6-12-24(23)27(31)35)29(17-7-8-18-29)28(36)30-20-9-3-2-4-10-20/h2-6,9-16H,7-8,17-19H2,1H3,(H,30,36).